The molecule has 0 saturated carbocycles. The maximum Gasteiger partial charge on any atom is 0.333 e. The second kappa shape index (κ2) is 19.0. The first-order chi connectivity index (χ1) is 27.8. The van der Waals surface area contributed by atoms with E-state index in [2.05, 4.69) is 13.2 Å². The van der Waals surface area contributed by atoms with Gasteiger partial charge in [-0.15, -0.1) is 0 Å². The van der Waals surface area contributed by atoms with Crippen molar-refractivity contribution < 1.29 is 57.1 Å². The van der Waals surface area contributed by atoms with Crippen LogP contribution in [-0.4, -0.2) is 75.1 Å². The van der Waals surface area contributed by atoms with Crippen LogP contribution in [0.15, 0.2) is 61.7 Å². The number of benzene rings is 2. The first-order valence-electron chi connectivity index (χ1n) is 20.1. The summed E-state index contributed by atoms with van der Waals surface area (Å²) in [5.41, 5.74) is 3.59. The van der Waals surface area contributed by atoms with Crippen molar-refractivity contribution in [3.63, 3.8) is 0 Å². The molecule has 0 N–H and O–H groups in total. The topological polar surface area (TPSA) is 142 Å². The van der Waals surface area contributed by atoms with E-state index in [1.54, 1.807) is 12.2 Å². The Morgan fingerprint density at radius 1 is 0.550 bits per heavy atom. The van der Waals surface area contributed by atoms with E-state index >= 15 is 0 Å². The van der Waals surface area contributed by atoms with Crippen molar-refractivity contribution in [2.45, 2.75) is 129 Å². The summed E-state index contributed by atoms with van der Waals surface area (Å²) in [6.07, 6.45) is 5.61. The zero-order chi connectivity index (χ0) is 44.8. The number of carbonyl (C=O) groups is 4. The summed E-state index contributed by atoms with van der Waals surface area (Å²) in [5.74, 6) is -1.11. The number of ether oxygens (including phenoxy) is 8. The van der Waals surface area contributed by atoms with Gasteiger partial charge in [-0.05, 0) is 69.2 Å². The van der Waals surface area contributed by atoms with Crippen LogP contribution in [0, 0.1) is 0 Å². The highest BCUT2D eigenvalue weighted by atomic mass is 16.7. The van der Waals surface area contributed by atoms with Gasteiger partial charge in [-0.25, -0.2) is 19.2 Å². The molecule has 2 aliphatic rings. The van der Waals surface area contributed by atoms with Crippen LogP contribution in [0.3, 0.4) is 0 Å². The van der Waals surface area contributed by atoms with Gasteiger partial charge in [0.1, 0.15) is 23.7 Å². The molecule has 12 nitrogen and oxygen atoms in total. The number of esters is 4. The van der Waals surface area contributed by atoms with Gasteiger partial charge in [-0.3, -0.25) is 0 Å². The second-order valence-electron chi connectivity index (χ2n) is 19.0. The van der Waals surface area contributed by atoms with Crippen LogP contribution in [0.2, 0.25) is 0 Å². The molecule has 12 heteroatoms. The van der Waals surface area contributed by atoms with Crippen molar-refractivity contribution in [2.24, 2.45) is 0 Å². The number of rotatable bonds is 14. The van der Waals surface area contributed by atoms with Crippen LogP contribution in [0.25, 0.3) is 12.2 Å². The van der Waals surface area contributed by atoms with E-state index in [1.807, 2.05) is 107 Å². The van der Waals surface area contributed by atoms with Gasteiger partial charge in [-0.2, -0.15) is 0 Å². The lowest BCUT2D eigenvalue weighted by molar-refractivity contribution is -0.149. The maximum absolute atomic E-state index is 13.2. The summed E-state index contributed by atoms with van der Waals surface area (Å²) in [7, 11) is 0. The molecular formula is C48H62O12. The van der Waals surface area contributed by atoms with Crippen molar-refractivity contribution >= 4 is 36.0 Å². The van der Waals surface area contributed by atoms with Crippen molar-refractivity contribution in [3.05, 3.63) is 95.1 Å². The zero-order valence-corrected chi connectivity index (χ0v) is 37.2. The third kappa shape index (κ3) is 12.4. The fourth-order valence-electron chi connectivity index (χ4n) is 6.78. The van der Waals surface area contributed by atoms with E-state index in [9.17, 15) is 19.2 Å². The molecule has 0 spiro atoms. The van der Waals surface area contributed by atoms with Gasteiger partial charge in [0.15, 0.2) is 12.2 Å². The summed E-state index contributed by atoms with van der Waals surface area (Å²) in [6, 6.07) is 7.76. The molecule has 2 saturated heterocycles. The van der Waals surface area contributed by atoms with Crippen LogP contribution in [0.1, 0.15) is 116 Å². The van der Waals surface area contributed by atoms with Crippen molar-refractivity contribution in [1.82, 2.24) is 0 Å². The maximum atomic E-state index is 13.2. The summed E-state index contributed by atoms with van der Waals surface area (Å²) >= 11 is 0. The average molecular weight is 831 g/mol. The molecule has 2 fully saturated rings. The first-order valence-corrected chi connectivity index (χ1v) is 20.1. The summed E-state index contributed by atoms with van der Waals surface area (Å²) < 4.78 is 45.8. The molecule has 0 aromatic heterocycles. The van der Waals surface area contributed by atoms with Crippen molar-refractivity contribution in [2.75, 3.05) is 26.8 Å². The molecule has 0 bridgehead atoms. The third-order valence-corrected chi connectivity index (χ3v) is 9.92. The van der Waals surface area contributed by atoms with E-state index in [1.165, 1.54) is 12.2 Å². The molecular weight excluding hydrogens is 769 g/mol. The molecule has 2 aliphatic heterocycles. The molecule has 4 unspecified atom stereocenters. The van der Waals surface area contributed by atoms with Crippen LogP contribution in [0.4, 0.5) is 0 Å². The van der Waals surface area contributed by atoms with Gasteiger partial charge < -0.3 is 37.9 Å². The van der Waals surface area contributed by atoms with Crippen LogP contribution in [0.5, 0.6) is 11.5 Å². The normalized spacial score (nSPS) is 19.5. The van der Waals surface area contributed by atoms with Crippen molar-refractivity contribution in [1.29, 1.82) is 0 Å². The fourth-order valence-corrected chi connectivity index (χ4v) is 6.78. The molecule has 60 heavy (non-hydrogen) atoms. The minimum atomic E-state index is -0.705. The first kappa shape index (κ1) is 47.5. The lowest BCUT2D eigenvalue weighted by Crippen LogP contribution is -2.35. The number of hydrogen-bond donors (Lipinski definition) is 0. The highest BCUT2D eigenvalue weighted by Gasteiger charge is 2.51. The molecule has 4 atom stereocenters. The van der Waals surface area contributed by atoms with Gasteiger partial charge >= 0.3 is 23.9 Å². The lowest BCUT2D eigenvalue weighted by Gasteiger charge is -2.30. The fraction of sp³-hybridized carbons (Fsp3) is 0.500. The average Bonchev–Trinajstić information content (AvgIpc) is 3.74. The minimum Gasteiger partial charge on any atom is -0.457 e. The molecule has 0 aliphatic carbocycles. The smallest absolute Gasteiger partial charge is 0.333 e. The summed E-state index contributed by atoms with van der Waals surface area (Å²) in [5, 5.41) is 0. The Labute approximate surface area is 354 Å². The van der Waals surface area contributed by atoms with Gasteiger partial charge in [0.2, 0.25) is 13.6 Å². The van der Waals surface area contributed by atoms with Crippen LogP contribution < -0.4 is 9.47 Å². The minimum absolute atomic E-state index is 0.0793. The Morgan fingerprint density at radius 2 is 0.850 bits per heavy atom. The Bertz CT molecular complexity index is 1780. The van der Waals surface area contributed by atoms with Gasteiger partial charge in [0, 0.05) is 46.6 Å². The van der Waals surface area contributed by atoms with Crippen molar-refractivity contribution in [3.8, 4) is 11.5 Å². The van der Waals surface area contributed by atoms with Gasteiger partial charge in [0.25, 0.3) is 0 Å². The quantitative estimate of drug-likeness (QED) is 0.0782. The van der Waals surface area contributed by atoms with E-state index in [-0.39, 0.29) is 48.5 Å². The monoisotopic (exact) mass is 830 g/mol. The largest absolute Gasteiger partial charge is 0.457 e. The Hall–Kier alpha value is -5.20. The molecule has 2 heterocycles. The van der Waals surface area contributed by atoms with Gasteiger partial charge in [0.05, 0.1) is 13.2 Å². The molecule has 0 radical (unpaired) electrons. The highest BCUT2D eigenvalue weighted by molar-refractivity contribution is 5.88. The third-order valence-electron chi connectivity index (χ3n) is 9.92. The predicted octanol–water partition coefficient (Wildman–Crippen LogP) is 8.36. The second-order valence-corrected chi connectivity index (χ2v) is 19.0. The molecule has 4 rings (SSSR count). The summed E-state index contributed by atoms with van der Waals surface area (Å²) in [4.78, 5) is 49.7. The molecule has 0 amide bonds. The van der Waals surface area contributed by atoms with E-state index in [0.717, 1.165) is 45.5 Å². The number of hydrogen-bond acceptors (Lipinski definition) is 12. The zero-order valence-electron chi connectivity index (χ0n) is 37.2. The van der Waals surface area contributed by atoms with E-state index in [0.29, 0.717) is 11.5 Å². The predicted molar refractivity (Wildman–Crippen MR) is 229 cm³/mol. The molecule has 326 valence electrons. The Morgan fingerprint density at radius 3 is 1.12 bits per heavy atom. The lowest BCUT2D eigenvalue weighted by atomic mass is 9.78. The number of fused-ring (bicyclic) bond motifs is 1. The molecule has 2 aromatic carbocycles. The SMILES string of the molecule is C=CC(=O)OCOc1c(C(C)(C)C)cc(/C=C/C(=O)OC2COC3C(OC(=O)/C=C/c4cc(C(C)(C)C)c(OCOC(=O)C=C)c(C(C)(C)C)c4)COC23)cc1C(C)(C)C. The van der Waals surface area contributed by atoms with Gasteiger partial charge in [-0.1, -0.05) is 96.2 Å². The highest BCUT2D eigenvalue weighted by Crippen LogP contribution is 2.43. The summed E-state index contributed by atoms with van der Waals surface area (Å²) in [6.45, 7) is 31.1. The molecule has 2 aromatic rings. The standard InChI is InChI=1S/C48H62O12/c1-15-37(49)55-27-57-41-31(45(3,4)5)21-29(22-32(41)46(6,7)8)17-19-39(51)59-35-25-53-44-36(26-54-43(35)44)60-40(52)20-18-30-23-33(47(9,10)11)42(34(24-30)48(12,13)14)58-28-56-38(50)16-2/h15-24,35-36,43-44H,1-2,25-28H2,3-14H3/b19-17+,20-18+. The van der Waals surface area contributed by atoms with E-state index < -0.39 is 48.3 Å². The van der Waals surface area contributed by atoms with E-state index in [4.69, 9.17) is 37.9 Å². The van der Waals surface area contributed by atoms with Crippen LogP contribution in [-0.2, 0) is 69.3 Å². The Balaban J connectivity index is 1.44. The Kier molecular flexibility index (Phi) is 15.1. The van der Waals surface area contributed by atoms with Crippen LogP contribution >= 0.6 is 0 Å². The number of carbonyl (C=O) groups excluding carboxylic acids is 4.